The molecule has 106 valence electrons. The van der Waals surface area contributed by atoms with E-state index >= 15 is 0 Å². The van der Waals surface area contributed by atoms with E-state index in [2.05, 4.69) is 34.7 Å². The minimum atomic E-state index is 0.407. The van der Waals surface area contributed by atoms with Crippen molar-refractivity contribution in [2.45, 2.75) is 44.3 Å². The fourth-order valence-electron chi connectivity index (χ4n) is 2.87. The van der Waals surface area contributed by atoms with Crippen LogP contribution in [0, 0.1) is 0 Å². The Balaban J connectivity index is 1.66. The van der Waals surface area contributed by atoms with Gasteiger partial charge in [0.25, 0.3) is 0 Å². The monoisotopic (exact) mass is 270 g/mol. The average Bonchev–Trinajstić information content (AvgIpc) is 3.01. The summed E-state index contributed by atoms with van der Waals surface area (Å²) in [6, 6.07) is 11.4. The Kier molecular flexibility index (Phi) is 4.14. The minimum Gasteiger partial charge on any atom is -0.328 e. The largest absolute Gasteiger partial charge is 0.328 e. The fraction of sp³-hybridized carbons (Fsp3) is 0.438. The molecule has 3 rings (SSSR count). The topological polar surface area (TPSA) is 55.9 Å². The normalized spacial score (nSPS) is 22.9. The number of benzene rings is 1. The van der Waals surface area contributed by atoms with Crippen molar-refractivity contribution >= 4 is 0 Å². The number of hydrogen-bond acceptors (Lipinski definition) is 3. The first kappa shape index (κ1) is 13.3. The Labute approximate surface area is 120 Å². The van der Waals surface area contributed by atoms with E-state index in [4.69, 9.17) is 5.73 Å². The molecule has 1 aromatic heterocycles. The minimum absolute atomic E-state index is 0.407. The summed E-state index contributed by atoms with van der Waals surface area (Å²) in [5.74, 6) is 0. The molecule has 1 aliphatic rings. The second-order valence-corrected chi connectivity index (χ2v) is 5.57. The van der Waals surface area contributed by atoms with Crippen LogP contribution in [0.25, 0.3) is 5.69 Å². The highest BCUT2D eigenvalue weighted by Gasteiger charge is 2.18. The van der Waals surface area contributed by atoms with Gasteiger partial charge in [-0.3, -0.25) is 0 Å². The summed E-state index contributed by atoms with van der Waals surface area (Å²) in [6.45, 7) is 0.885. The third-order valence-corrected chi connectivity index (χ3v) is 4.10. The smallest absolute Gasteiger partial charge is 0.0690 e. The summed E-state index contributed by atoms with van der Waals surface area (Å²) in [5.41, 5.74) is 8.39. The summed E-state index contributed by atoms with van der Waals surface area (Å²) < 4.78 is 1.92. The number of aromatic nitrogens is 2. The standard InChI is InChI=1S/C16H22N4/c17-14-6-8-15(9-7-14)18-12-13-4-1-2-5-16(13)20-11-3-10-19-20/h1-5,10-11,14-15,18H,6-9,12,17H2. The van der Waals surface area contributed by atoms with E-state index in [9.17, 15) is 0 Å². The van der Waals surface area contributed by atoms with Crippen molar-refractivity contribution in [2.75, 3.05) is 0 Å². The predicted octanol–water partition coefficient (Wildman–Crippen LogP) is 2.23. The SMILES string of the molecule is NC1CCC(NCc2ccccc2-n2cccn2)CC1. The zero-order chi connectivity index (χ0) is 13.8. The van der Waals surface area contributed by atoms with E-state index in [1.54, 1.807) is 0 Å². The third-order valence-electron chi connectivity index (χ3n) is 4.10. The highest BCUT2D eigenvalue weighted by Crippen LogP contribution is 2.19. The Morgan fingerprint density at radius 2 is 1.95 bits per heavy atom. The molecule has 1 heterocycles. The van der Waals surface area contributed by atoms with E-state index in [0.29, 0.717) is 12.1 Å². The van der Waals surface area contributed by atoms with Gasteiger partial charge >= 0.3 is 0 Å². The van der Waals surface area contributed by atoms with E-state index in [-0.39, 0.29) is 0 Å². The van der Waals surface area contributed by atoms with E-state index in [1.165, 1.54) is 18.4 Å². The van der Waals surface area contributed by atoms with Crippen LogP contribution in [0.1, 0.15) is 31.2 Å². The van der Waals surface area contributed by atoms with Gasteiger partial charge in [-0.25, -0.2) is 4.68 Å². The number of hydrogen-bond donors (Lipinski definition) is 2. The van der Waals surface area contributed by atoms with Gasteiger partial charge in [0, 0.05) is 31.0 Å². The molecule has 0 aliphatic heterocycles. The van der Waals surface area contributed by atoms with Crippen LogP contribution < -0.4 is 11.1 Å². The summed E-state index contributed by atoms with van der Waals surface area (Å²) in [7, 11) is 0. The van der Waals surface area contributed by atoms with Crippen LogP contribution in [0.3, 0.4) is 0 Å². The zero-order valence-corrected chi connectivity index (χ0v) is 11.7. The maximum atomic E-state index is 5.95. The van der Waals surface area contributed by atoms with Gasteiger partial charge in [0.1, 0.15) is 0 Å². The maximum absolute atomic E-state index is 5.95. The molecular formula is C16H22N4. The molecule has 0 amide bonds. The van der Waals surface area contributed by atoms with E-state index < -0.39 is 0 Å². The Morgan fingerprint density at radius 1 is 1.15 bits per heavy atom. The molecule has 0 spiro atoms. The van der Waals surface area contributed by atoms with Crippen LogP contribution >= 0.6 is 0 Å². The Morgan fingerprint density at radius 3 is 2.70 bits per heavy atom. The molecule has 4 heteroatoms. The van der Waals surface area contributed by atoms with Gasteiger partial charge < -0.3 is 11.1 Å². The van der Waals surface area contributed by atoms with Gasteiger partial charge in [-0.2, -0.15) is 5.10 Å². The quantitative estimate of drug-likeness (QED) is 0.895. The number of para-hydroxylation sites is 1. The highest BCUT2D eigenvalue weighted by molar-refractivity contribution is 5.40. The molecule has 0 radical (unpaired) electrons. The average molecular weight is 270 g/mol. The van der Waals surface area contributed by atoms with Crippen LogP contribution in [-0.2, 0) is 6.54 Å². The molecule has 4 nitrogen and oxygen atoms in total. The molecule has 1 saturated carbocycles. The molecule has 0 unspecified atom stereocenters. The van der Waals surface area contributed by atoms with E-state index in [0.717, 1.165) is 25.1 Å². The Hall–Kier alpha value is -1.65. The van der Waals surface area contributed by atoms with Crippen LogP contribution in [0.5, 0.6) is 0 Å². The molecule has 0 bridgehead atoms. The summed E-state index contributed by atoms with van der Waals surface area (Å²) in [6.07, 6.45) is 8.44. The van der Waals surface area contributed by atoms with Gasteiger partial charge in [0.2, 0.25) is 0 Å². The van der Waals surface area contributed by atoms with Crippen molar-refractivity contribution in [1.82, 2.24) is 15.1 Å². The molecular weight excluding hydrogens is 248 g/mol. The van der Waals surface area contributed by atoms with E-state index in [1.807, 2.05) is 23.1 Å². The lowest BCUT2D eigenvalue weighted by atomic mass is 9.91. The number of nitrogens with two attached hydrogens (primary N) is 1. The van der Waals surface area contributed by atoms with Crippen molar-refractivity contribution in [3.63, 3.8) is 0 Å². The van der Waals surface area contributed by atoms with Crippen LogP contribution in [0.15, 0.2) is 42.7 Å². The van der Waals surface area contributed by atoms with Crippen molar-refractivity contribution in [2.24, 2.45) is 5.73 Å². The molecule has 1 aliphatic carbocycles. The second kappa shape index (κ2) is 6.20. The van der Waals surface area contributed by atoms with Gasteiger partial charge in [-0.15, -0.1) is 0 Å². The van der Waals surface area contributed by atoms with Gasteiger partial charge in [-0.1, -0.05) is 18.2 Å². The lowest BCUT2D eigenvalue weighted by molar-refractivity contribution is 0.341. The first-order valence-electron chi connectivity index (χ1n) is 7.40. The molecule has 20 heavy (non-hydrogen) atoms. The van der Waals surface area contributed by atoms with Gasteiger partial charge in [-0.05, 0) is 43.4 Å². The number of nitrogens with zero attached hydrogens (tertiary/aromatic N) is 2. The predicted molar refractivity (Wildman–Crippen MR) is 80.6 cm³/mol. The van der Waals surface area contributed by atoms with Crippen molar-refractivity contribution < 1.29 is 0 Å². The summed E-state index contributed by atoms with van der Waals surface area (Å²) in [4.78, 5) is 0. The molecule has 1 aromatic carbocycles. The van der Waals surface area contributed by atoms with Gasteiger partial charge in [0.15, 0.2) is 0 Å². The summed E-state index contributed by atoms with van der Waals surface area (Å²) in [5, 5.41) is 7.99. The Bertz CT molecular complexity index is 527. The van der Waals surface area contributed by atoms with Crippen LogP contribution in [0.2, 0.25) is 0 Å². The van der Waals surface area contributed by atoms with Gasteiger partial charge in [0.05, 0.1) is 5.69 Å². The van der Waals surface area contributed by atoms with Crippen molar-refractivity contribution in [1.29, 1.82) is 0 Å². The van der Waals surface area contributed by atoms with Crippen LogP contribution in [0.4, 0.5) is 0 Å². The van der Waals surface area contributed by atoms with Crippen LogP contribution in [-0.4, -0.2) is 21.9 Å². The number of nitrogens with one attached hydrogen (secondary N) is 1. The maximum Gasteiger partial charge on any atom is 0.0690 e. The first-order valence-corrected chi connectivity index (χ1v) is 7.40. The molecule has 1 fully saturated rings. The number of rotatable bonds is 4. The fourth-order valence-corrected chi connectivity index (χ4v) is 2.87. The third kappa shape index (κ3) is 3.08. The lowest BCUT2D eigenvalue weighted by Gasteiger charge is -2.27. The molecule has 0 atom stereocenters. The molecule has 0 saturated heterocycles. The van der Waals surface area contributed by atoms with Crippen molar-refractivity contribution in [3.05, 3.63) is 48.3 Å². The highest BCUT2D eigenvalue weighted by atomic mass is 15.3. The molecule has 3 N–H and O–H groups in total. The zero-order valence-electron chi connectivity index (χ0n) is 11.7. The van der Waals surface area contributed by atoms with Crippen molar-refractivity contribution in [3.8, 4) is 5.69 Å². The lowest BCUT2D eigenvalue weighted by Crippen LogP contribution is -2.37. The molecule has 2 aromatic rings. The second-order valence-electron chi connectivity index (χ2n) is 5.57. The first-order chi connectivity index (χ1) is 9.83. The summed E-state index contributed by atoms with van der Waals surface area (Å²) >= 11 is 0.